The molecule has 0 aliphatic heterocycles. The Morgan fingerprint density at radius 1 is 1.11 bits per heavy atom. The average Bonchev–Trinajstić information content (AvgIpc) is 2.48. The van der Waals surface area contributed by atoms with Crippen molar-refractivity contribution in [3.8, 4) is 5.75 Å². The van der Waals surface area contributed by atoms with E-state index >= 15 is 0 Å². The van der Waals surface area contributed by atoms with Gasteiger partial charge in [-0.1, -0.05) is 31.4 Å². The molecule has 0 heterocycles. The maximum Gasteiger partial charge on any atom is 0.407 e. The van der Waals surface area contributed by atoms with Gasteiger partial charge in [0, 0.05) is 0 Å². The molecule has 0 unspecified atom stereocenters. The van der Waals surface area contributed by atoms with Crippen LogP contribution in [0.5, 0.6) is 5.75 Å². The minimum Gasteiger partial charge on any atom is -0.497 e. The summed E-state index contributed by atoms with van der Waals surface area (Å²) in [6, 6.07) is 7.93. The predicted molar refractivity (Wildman–Crippen MR) is 73.3 cm³/mol. The second kappa shape index (κ2) is 5.95. The van der Waals surface area contributed by atoms with Crippen molar-refractivity contribution in [3.05, 3.63) is 29.8 Å². The van der Waals surface area contributed by atoms with Gasteiger partial charge in [0.2, 0.25) is 0 Å². The third-order valence-electron chi connectivity index (χ3n) is 3.88. The van der Waals surface area contributed by atoms with Crippen LogP contribution < -0.4 is 10.1 Å². The van der Waals surface area contributed by atoms with Gasteiger partial charge in [0.15, 0.2) is 0 Å². The largest absolute Gasteiger partial charge is 0.497 e. The van der Waals surface area contributed by atoms with Crippen molar-refractivity contribution in [1.29, 1.82) is 0 Å². The van der Waals surface area contributed by atoms with E-state index in [4.69, 9.17) is 9.47 Å². The van der Waals surface area contributed by atoms with E-state index in [0.717, 1.165) is 37.0 Å². The van der Waals surface area contributed by atoms with E-state index < -0.39 is 0 Å². The Morgan fingerprint density at radius 2 is 1.74 bits per heavy atom. The summed E-state index contributed by atoms with van der Waals surface area (Å²) in [6.45, 7) is 0. The van der Waals surface area contributed by atoms with Gasteiger partial charge in [-0.25, -0.2) is 4.79 Å². The second-order valence-corrected chi connectivity index (χ2v) is 4.99. The van der Waals surface area contributed by atoms with Crippen LogP contribution >= 0.6 is 0 Å². The van der Waals surface area contributed by atoms with Crippen LogP contribution in [0.15, 0.2) is 24.3 Å². The van der Waals surface area contributed by atoms with E-state index in [9.17, 15) is 4.79 Å². The standard InChI is InChI=1S/C15H21NO3/c1-18-13-8-6-12(7-9-13)15(16-14(17)19-2)10-4-3-5-11-15/h6-9H,3-5,10-11H2,1-2H3,(H,16,17). The summed E-state index contributed by atoms with van der Waals surface area (Å²) < 4.78 is 9.95. The molecule has 1 fully saturated rings. The van der Waals surface area contributed by atoms with Crippen LogP contribution in [0.3, 0.4) is 0 Å². The smallest absolute Gasteiger partial charge is 0.407 e. The van der Waals surface area contributed by atoms with Crippen molar-refractivity contribution in [2.75, 3.05) is 14.2 Å². The van der Waals surface area contributed by atoms with E-state index in [0.29, 0.717) is 0 Å². The first kappa shape index (κ1) is 13.7. The summed E-state index contributed by atoms with van der Waals surface area (Å²) in [5, 5.41) is 3.03. The number of carbonyl (C=O) groups is 1. The number of rotatable bonds is 3. The fraction of sp³-hybridized carbons (Fsp3) is 0.533. The van der Waals surface area contributed by atoms with Gasteiger partial charge in [0.25, 0.3) is 0 Å². The molecule has 1 saturated carbocycles. The van der Waals surface area contributed by atoms with Crippen molar-refractivity contribution in [3.63, 3.8) is 0 Å². The summed E-state index contributed by atoms with van der Waals surface area (Å²) in [5.41, 5.74) is 0.829. The Labute approximate surface area is 114 Å². The number of nitrogens with one attached hydrogen (secondary N) is 1. The normalized spacial score (nSPS) is 17.6. The Balaban J connectivity index is 2.27. The molecular weight excluding hydrogens is 242 g/mol. The number of methoxy groups -OCH3 is 2. The van der Waals surface area contributed by atoms with Crippen molar-refractivity contribution in [1.82, 2.24) is 5.32 Å². The lowest BCUT2D eigenvalue weighted by molar-refractivity contribution is 0.143. The molecule has 0 aromatic heterocycles. The van der Waals surface area contributed by atoms with Crippen LogP contribution in [0.2, 0.25) is 0 Å². The van der Waals surface area contributed by atoms with Gasteiger partial charge in [-0.2, -0.15) is 0 Å². The molecule has 0 spiro atoms. The minimum atomic E-state index is -0.363. The zero-order valence-electron chi connectivity index (χ0n) is 11.6. The van der Waals surface area contributed by atoms with Gasteiger partial charge in [0.05, 0.1) is 19.8 Å². The molecule has 1 aromatic rings. The highest BCUT2D eigenvalue weighted by Gasteiger charge is 2.35. The van der Waals surface area contributed by atoms with Crippen molar-refractivity contribution >= 4 is 6.09 Å². The van der Waals surface area contributed by atoms with Crippen LogP contribution in [-0.2, 0) is 10.3 Å². The first-order chi connectivity index (χ1) is 9.20. The molecule has 0 atom stereocenters. The molecule has 4 heteroatoms. The van der Waals surface area contributed by atoms with Gasteiger partial charge in [-0.3, -0.25) is 0 Å². The number of alkyl carbamates (subject to hydrolysis) is 1. The SMILES string of the molecule is COC(=O)NC1(c2ccc(OC)cc2)CCCCC1. The summed E-state index contributed by atoms with van der Waals surface area (Å²) in [5.74, 6) is 0.827. The van der Waals surface area contributed by atoms with Crippen LogP contribution in [-0.4, -0.2) is 20.3 Å². The number of hydrogen-bond acceptors (Lipinski definition) is 3. The molecule has 1 aliphatic rings. The van der Waals surface area contributed by atoms with E-state index in [2.05, 4.69) is 5.32 Å². The lowest BCUT2D eigenvalue weighted by atomic mass is 9.76. The lowest BCUT2D eigenvalue weighted by Crippen LogP contribution is -2.47. The monoisotopic (exact) mass is 263 g/mol. The van der Waals surface area contributed by atoms with Crippen LogP contribution in [0.1, 0.15) is 37.7 Å². The first-order valence-electron chi connectivity index (χ1n) is 6.71. The molecule has 104 valence electrons. The quantitative estimate of drug-likeness (QED) is 0.911. The first-order valence-corrected chi connectivity index (χ1v) is 6.71. The number of hydrogen-bond donors (Lipinski definition) is 1. The number of benzene rings is 1. The number of amides is 1. The molecule has 1 amide bonds. The van der Waals surface area contributed by atoms with Gasteiger partial charge < -0.3 is 14.8 Å². The number of carbonyl (C=O) groups excluding carboxylic acids is 1. The van der Waals surface area contributed by atoms with Crippen LogP contribution in [0.25, 0.3) is 0 Å². The molecule has 2 rings (SSSR count). The lowest BCUT2D eigenvalue weighted by Gasteiger charge is -2.38. The van der Waals surface area contributed by atoms with Crippen molar-refractivity contribution < 1.29 is 14.3 Å². The predicted octanol–water partition coefficient (Wildman–Crippen LogP) is 3.21. The van der Waals surface area contributed by atoms with E-state index in [1.54, 1.807) is 7.11 Å². The third kappa shape index (κ3) is 3.00. The minimum absolute atomic E-state index is 0.294. The fourth-order valence-electron chi connectivity index (χ4n) is 2.80. The highest BCUT2D eigenvalue weighted by atomic mass is 16.5. The van der Waals surface area contributed by atoms with E-state index in [1.807, 2.05) is 24.3 Å². The molecule has 4 nitrogen and oxygen atoms in total. The third-order valence-corrected chi connectivity index (χ3v) is 3.88. The van der Waals surface area contributed by atoms with Gasteiger partial charge in [0.1, 0.15) is 5.75 Å². The maximum absolute atomic E-state index is 11.6. The van der Waals surface area contributed by atoms with Gasteiger partial charge in [-0.15, -0.1) is 0 Å². The van der Waals surface area contributed by atoms with Crippen LogP contribution in [0.4, 0.5) is 4.79 Å². The van der Waals surface area contributed by atoms with Crippen molar-refractivity contribution in [2.24, 2.45) is 0 Å². The molecule has 0 bridgehead atoms. The van der Waals surface area contributed by atoms with E-state index in [1.165, 1.54) is 13.5 Å². The molecule has 0 saturated heterocycles. The molecule has 19 heavy (non-hydrogen) atoms. The Morgan fingerprint density at radius 3 is 2.26 bits per heavy atom. The topological polar surface area (TPSA) is 47.6 Å². The zero-order valence-corrected chi connectivity index (χ0v) is 11.6. The Kier molecular flexibility index (Phi) is 4.30. The number of ether oxygens (including phenoxy) is 2. The highest BCUT2D eigenvalue weighted by Crippen LogP contribution is 2.37. The van der Waals surface area contributed by atoms with Gasteiger partial charge in [-0.05, 0) is 30.5 Å². The Bertz CT molecular complexity index is 422. The van der Waals surface area contributed by atoms with Crippen LogP contribution in [0, 0.1) is 0 Å². The molecule has 1 N–H and O–H groups in total. The van der Waals surface area contributed by atoms with Gasteiger partial charge >= 0.3 is 6.09 Å². The fourth-order valence-corrected chi connectivity index (χ4v) is 2.80. The highest BCUT2D eigenvalue weighted by molar-refractivity contribution is 5.68. The average molecular weight is 263 g/mol. The maximum atomic E-state index is 11.6. The van der Waals surface area contributed by atoms with Crippen molar-refractivity contribution in [2.45, 2.75) is 37.6 Å². The summed E-state index contributed by atoms with van der Waals surface area (Å²) in [6.07, 6.45) is 5.01. The summed E-state index contributed by atoms with van der Waals surface area (Å²) >= 11 is 0. The summed E-state index contributed by atoms with van der Waals surface area (Å²) in [4.78, 5) is 11.6. The molecule has 0 radical (unpaired) electrons. The summed E-state index contributed by atoms with van der Waals surface area (Å²) in [7, 11) is 3.05. The molecular formula is C15H21NO3. The Hall–Kier alpha value is -1.71. The molecule has 1 aliphatic carbocycles. The van der Waals surface area contributed by atoms with E-state index in [-0.39, 0.29) is 11.6 Å². The second-order valence-electron chi connectivity index (χ2n) is 4.99. The zero-order chi connectivity index (χ0) is 13.7. The molecule has 1 aromatic carbocycles.